The summed E-state index contributed by atoms with van der Waals surface area (Å²) in [6.07, 6.45) is 0.0799. The smallest absolute Gasteiger partial charge is 0.311 e. The van der Waals surface area contributed by atoms with E-state index in [4.69, 9.17) is 9.52 Å². The minimum absolute atomic E-state index is 0.0515. The first-order chi connectivity index (χ1) is 7.02. The Morgan fingerprint density at radius 1 is 1.53 bits per heavy atom. The van der Waals surface area contributed by atoms with Crippen molar-refractivity contribution in [2.75, 3.05) is 5.32 Å². The number of aryl methyl sites for hydroxylation is 1. The summed E-state index contributed by atoms with van der Waals surface area (Å²) in [7, 11) is 0. The highest BCUT2D eigenvalue weighted by molar-refractivity contribution is 5.88. The summed E-state index contributed by atoms with van der Waals surface area (Å²) in [5, 5.41) is 11.0. The summed E-state index contributed by atoms with van der Waals surface area (Å²) in [6.45, 7) is 3.33. The molecule has 0 bridgehead atoms. The molecule has 0 spiro atoms. The molecule has 6 nitrogen and oxygen atoms in total. The fourth-order valence-corrected chi connectivity index (χ4v) is 0.991. The molecule has 2 N–H and O–H groups in total. The number of carbonyl (C=O) groups excluding carboxylic acids is 1. The van der Waals surface area contributed by atoms with E-state index < -0.39 is 5.97 Å². The lowest BCUT2D eigenvalue weighted by molar-refractivity contribution is -0.136. The predicted molar refractivity (Wildman–Crippen MR) is 51.5 cm³/mol. The minimum Gasteiger partial charge on any atom is -0.481 e. The van der Waals surface area contributed by atoms with Crippen LogP contribution in [-0.2, 0) is 16.0 Å². The number of oxazole rings is 1. The van der Waals surface area contributed by atoms with Gasteiger partial charge < -0.3 is 9.52 Å². The molecule has 0 aliphatic rings. The molecular weight excluding hydrogens is 200 g/mol. The lowest BCUT2D eigenvalue weighted by atomic mass is 10.3. The van der Waals surface area contributed by atoms with E-state index in [2.05, 4.69) is 10.3 Å². The van der Waals surface area contributed by atoms with E-state index in [0.717, 1.165) is 0 Å². The van der Waals surface area contributed by atoms with Crippen molar-refractivity contribution in [3.8, 4) is 0 Å². The van der Waals surface area contributed by atoms with Crippen molar-refractivity contribution >= 4 is 17.9 Å². The Kier molecular flexibility index (Phi) is 3.43. The monoisotopic (exact) mass is 212 g/mol. The Balaban J connectivity index is 2.76. The van der Waals surface area contributed by atoms with Crippen LogP contribution in [0.5, 0.6) is 0 Å². The molecule has 15 heavy (non-hydrogen) atoms. The third kappa shape index (κ3) is 3.08. The zero-order valence-corrected chi connectivity index (χ0v) is 8.53. The van der Waals surface area contributed by atoms with Gasteiger partial charge in [0.25, 0.3) is 0 Å². The molecule has 0 fully saturated rings. The highest BCUT2D eigenvalue weighted by Gasteiger charge is 2.13. The van der Waals surface area contributed by atoms with Gasteiger partial charge in [-0.1, -0.05) is 6.92 Å². The lowest BCUT2D eigenvalue weighted by Gasteiger charge is -1.95. The molecule has 0 unspecified atom stereocenters. The van der Waals surface area contributed by atoms with Gasteiger partial charge in [0.2, 0.25) is 5.91 Å². The van der Waals surface area contributed by atoms with Crippen LogP contribution in [0.15, 0.2) is 4.42 Å². The summed E-state index contributed by atoms with van der Waals surface area (Å²) < 4.78 is 5.07. The van der Waals surface area contributed by atoms with E-state index in [1.807, 2.05) is 0 Å². The average molecular weight is 212 g/mol. The number of aromatic nitrogens is 1. The van der Waals surface area contributed by atoms with Gasteiger partial charge in [-0.15, -0.1) is 0 Å². The summed E-state index contributed by atoms with van der Waals surface area (Å²) in [4.78, 5) is 25.3. The van der Waals surface area contributed by atoms with Gasteiger partial charge in [0.1, 0.15) is 12.2 Å². The van der Waals surface area contributed by atoms with E-state index in [1.54, 1.807) is 13.8 Å². The van der Waals surface area contributed by atoms with Crippen molar-refractivity contribution < 1.29 is 19.1 Å². The van der Waals surface area contributed by atoms with Crippen LogP contribution in [0.1, 0.15) is 24.8 Å². The molecular formula is C9H12N2O4. The first kappa shape index (κ1) is 11.2. The summed E-state index contributed by atoms with van der Waals surface area (Å²) in [5.41, 5.74) is 0.476. The minimum atomic E-state index is -0.998. The quantitative estimate of drug-likeness (QED) is 0.775. The Morgan fingerprint density at radius 3 is 2.73 bits per heavy atom. The zero-order chi connectivity index (χ0) is 11.4. The van der Waals surface area contributed by atoms with Crippen LogP contribution in [0.25, 0.3) is 0 Å². The van der Waals surface area contributed by atoms with Crippen molar-refractivity contribution in [2.45, 2.75) is 26.7 Å². The van der Waals surface area contributed by atoms with Crippen LogP contribution in [0.3, 0.4) is 0 Å². The van der Waals surface area contributed by atoms with Gasteiger partial charge in [-0.25, -0.2) is 0 Å². The molecule has 0 saturated heterocycles. The second kappa shape index (κ2) is 4.59. The number of nitrogens with zero attached hydrogens (tertiary/aromatic N) is 1. The van der Waals surface area contributed by atoms with Gasteiger partial charge in [0.05, 0.1) is 5.69 Å². The molecule has 0 radical (unpaired) electrons. The molecule has 1 aromatic rings. The van der Waals surface area contributed by atoms with Crippen molar-refractivity contribution in [3.63, 3.8) is 0 Å². The second-order valence-corrected chi connectivity index (χ2v) is 3.00. The third-order valence-electron chi connectivity index (χ3n) is 1.77. The first-order valence-corrected chi connectivity index (χ1v) is 4.51. The molecule has 0 aliphatic carbocycles. The number of aliphatic carboxylic acids is 1. The number of carbonyl (C=O) groups is 2. The molecule has 0 aliphatic heterocycles. The number of anilines is 1. The predicted octanol–water partition coefficient (Wildman–Crippen LogP) is 0.959. The molecule has 1 aromatic heterocycles. The second-order valence-electron chi connectivity index (χ2n) is 3.00. The van der Waals surface area contributed by atoms with E-state index in [1.165, 1.54) is 0 Å². The van der Waals surface area contributed by atoms with Crippen molar-refractivity contribution in [2.24, 2.45) is 0 Å². The fourth-order valence-electron chi connectivity index (χ4n) is 0.991. The molecule has 82 valence electrons. The van der Waals surface area contributed by atoms with Crippen LogP contribution in [-0.4, -0.2) is 22.0 Å². The SMILES string of the molecule is CCC(=O)Nc1nc(C)c(CC(=O)O)o1. The number of carboxylic acids is 1. The number of hydrogen-bond acceptors (Lipinski definition) is 4. The number of hydrogen-bond donors (Lipinski definition) is 2. The molecule has 0 atom stereocenters. The van der Waals surface area contributed by atoms with Crippen molar-refractivity contribution in [1.29, 1.82) is 0 Å². The normalized spacial score (nSPS) is 10.0. The van der Waals surface area contributed by atoms with Crippen LogP contribution in [0.4, 0.5) is 6.01 Å². The van der Waals surface area contributed by atoms with Gasteiger partial charge in [-0.05, 0) is 6.92 Å². The van der Waals surface area contributed by atoms with Gasteiger partial charge in [-0.2, -0.15) is 4.98 Å². The standard InChI is InChI=1S/C9H12N2O4/c1-3-7(12)11-9-10-5(2)6(15-9)4-8(13)14/h3-4H2,1-2H3,(H,13,14)(H,10,11,12). The maximum atomic E-state index is 11.0. The van der Waals surface area contributed by atoms with Crippen molar-refractivity contribution in [1.82, 2.24) is 4.98 Å². The summed E-state index contributed by atoms with van der Waals surface area (Å²) in [5.74, 6) is -0.963. The molecule has 0 saturated carbocycles. The van der Waals surface area contributed by atoms with Gasteiger partial charge in [-0.3, -0.25) is 14.9 Å². The Bertz CT molecular complexity index is 383. The summed E-state index contributed by atoms with van der Waals surface area (Å²) >= 11 is 0. The average Bonchev–Trinajstić information content (AvgIpc) is 2.45. The third-order valence-corrected chi connectivity index (χ3v) is 1.77. The van der Waals surface area contributed by atoms with Crippen LogP contribution in [0, 0.1) is 6.92 Å². The maximum Gasteiger partial charge on any atom is 0.311 e. The number of carboxylic acid groups (broad SMARTS) is 1. The van der Waals surface area contributed by atoms with Crippen LogP contribution < -0.4 is 5.32 Å². The van der Waals surface area contributed by atoms with Gasteiger partial charge >= 0.3 is 12.0 Å². The van der Waals surface area contributed by atoms with Crippen LogP contribution in [0.2, 0.25) is 0 Å². The zero-order valence-electron chi connectivity index (χ0n) is 8.53. The van der Waals surface area contributed by atoms with Crippen LogP contribution >= 0.6 is 0 Å². The molecule has 6 heteroatoms. The largest absolute Gasteiger partial charge is 0.481 e. The molecule has 1 rings (SSSR count). The number of rotatable bonds is 4. The van der Waals surface area contributed by atoms with Gasteiger partial charge in [0, 0.05) is 6.42 Å². The summed E-state index contributed by atoms with van der Waals surface area (Å²) in [6, 6.07) is 0.0515. The highest BCUT2D eigenvalue weighted by atomic mass is 16.4. The Hall–Kier alpha value is -1.85. The maximum absolute atomic E-state index is 11.0. The topological polar surface area (TPSA) is 92.4 Å². The fraction of sp³-hybridized carbons (Fsp3) is 0.444. The Labute approximate surface area is 86.3 Å². The Morgan fingerprint density at radius 2 is 2.20 bits per heavy atom. The number of amides is 1. The van der Waals surface area contributed by atoms with E-state index in [0.29, 0.717) is 12.1 Å². The van der Waals surface area contributed by atoms with E-state index in [-0.39, 0.29) is 24.1 Å². The molecule has 1 heterocycles. The van der Waals surface area contributed by atoms with Gasteiger partial charge in [0.15, 0.2) is 0 Å². The molecule has 1 amide bonds. The molecule has 0 aromatic carbocycles. The lowest BCUT2D eigenvalue weighted by Crippen LogP contribution is -2.09. The van der Waals surface area contributed by atoms with Crippen molar-refractivity contribution in [3.05, 3.63) is 11.5 Å². The first-order valence-electron chi connectivity index (χ1n) is 4.51. The van der Waals surface area contributed by atoms with E-state index >= 15 is 0 Å². The highest BCUT2D eigenvalue weighted by Crippen LogP contribution is 2.15. The van der Waals surface area contributed by atoms with E-state index in [9.17, 15) is 9.59 Å². The number of nitrogens with one attached hydrogen (secondary N) is 1.